The molecule has 4 nitrogen and oxygen atoms in total. The summed E-state index contributed by atoms with van der Waals surface area (Å²) in [4.78, 5) is 19.8. The third-order valence-corrected chi connectivity index (χ3v) is 1.69. The molecule has 0 aliphatic rings. The Hall–Kier alpha value is -2.36. The molecule has 1 heterocycles. The molecule has 1 aromatic carbocycles. The molecule has 0 unspecified atom stereocenters. The zero-order chi connectivity index (χ0) is 11.8. The van der Waals surface area contributed by atoms with Crippen molar-refractivity contribution in [1.82, 2.24) is 0 Å². The van der Waals surface area contributed by atoms with E-state index in [1.165, 1.54) is 18.4 Å². The first-order valence-corrected chi connectivity index (χ1v) is 4.49. The average molecular weight is 218 g/mol. The van der Waals surface area contributed by atoms with Gasteiger partial charge in [0.1, 0.15) is 12.0 Å². The number of aromatic hydroxyl groups is 1. The predicted octanol–water partition coefficient (Wildman–Crippen LogP) is 2.30. The second-order valence-electron chi connectivity index (χ2n) is 2.84. The molecule has 0 aliphatic carbocycles. The lowest BCUT2D eigenvalue weighted by atomic mass is 10.2. The molecule has 1 aromatic heterocycles. The van der Waals surface area contributed by atoms with Gasteiger partial charge in [0, 0.05) is 5.56 Å². The van der Waals surface area contributed by atoms with Crippen molar-refractivity contribution < 1.29 is 19.1 Å². The van der Waals surface area contributed by atoms with E-state index < -0.39 is 0 Å². The first-order valence-electron chi connectivity index (χ1n) is 4.49. The van der Waals surface area contributed by atoms with E-state index in [4.69, 9.17) is 5.11 Å². The second kappa shape index (κ2) is 6.19. The van der Waals surface area contributed by atoms with Crippen molar-refractivity contribution in [3.05, 3.63) is 54.0 Å². The van der Waals surface area contributed by atoms with Gasteiger partial charge < -0.3 is 9.52 Å². The van der Waals surface area contributed by atoms with Crippen molar-refractivity contribution >= 4 is 12.6 Å². The van der Waals surface area contributed by atoms with Crippen LogP contribution in [-0.2, 0) is 0 Å². The van der Waals surface area contributed by atoms with Crippen molar-refractivity contribution in [2.24, 2.45) is 0 Å². The van der Waals surface area contributed by atoms with Crippen LogP contribution in [0, 0.1) is 0 Å². The predicted molar refractivity (Wildman–Crippen MR) is 57.6 cm³/mol. The zero-order valence-corrected chi connectivity index (χ0v) is 8.37. The summed E-state index contributed by atoms with van der Waals surface area (Å²) in [6.45, 7) is 0. The number of benzene rings is 1. The topological polar surface area (TPSA) is 67.5 Å². The number of carbonyl (C=O) groups is 2. The molecule has 0 spiro atoms. The number of hydrogen-bond donors (Lipinski definition) is 1. The maximum atomic E-state index is 10.0. The summed E-state index contributed by atoms with van der Waals surface area (Å²) in [5.74, 6) is 0.556. The molecule has 0 bridgehead atoms. The van der Waals surface area contributed by atoms with Gasteiger partial charge in [-0.2, -0.15) is 0 Å². The Bertz CT molecular complexity index is 429. The van der Waals surface area contributed by atoms with E-state index in [-0.39, 0.29) is 5.75 Å². The maximum Gasteiger partial charge on any atom is 0.185 e. The van der Waals surface area contributed by atoms with Crippen LogP contribution in [0.1, 0.15) is 20.9 Å². The molecule has 0 radical (unpaired) electrons. The summed E-state index contributed by atoms with van der Waals surface area (Å²) in [5.41, 5.74) is 0.577. The van der Waals surface area contributed by atoms with Crippen LogP contribution >= 0.6 is 0 Å². The van der Waals surface area contributed by atoms with E-state index in [0.717, 1.165) is 6.29 Å². The van der Waals surface area contributed by atoms with Gasteiger partial charge in [-0.1, -0.05) is 0 Å². The highest BCUT2D eigenvalue weighted by molar-refractivity contribution is 5.74. The maximum absolute atomic E-state index is 10.0. The van der Waals surface area contributed by atoms with E-state index in [9.17, 15) is 9.59 Å². The van der Waals surface area contributed by atoms with E-state index >= 15 is 0 Å². The highest BCUT2D eigenvalue weighted by Gasteiger charge is 1.87. The van der Waals surface area contributed by atoms with Gasteiger partial charge in [-0.3, -0.25) is 9.59 Å². The molecule has 4 heteroatoms. The fraction of sp³-hybridized carbons (Fsp3) is 0. The normalized spacial score (nSPS) is 8.75. The number of rotatable bonds is 2. The monoisotopic (exact) mass is 218 g/mol. The van der Waals surface area contributed by atoms with Gasteiger partial charge in [0.15, 0.2) is 12.0 Å². The Kier molecular flexibility index (Phi) is 4.53. The summed E-state index contributed by atoms with van der Waals surface area (Å²) in [5, 5.41) is 8.74. The van der Waals surface area contributed by atoms with Crippen LogP contribution < -0.4 is 0 Å². The van der Waals surface area contributed by atoms with Gasteiger partial charge in [0.05, 0.1) is 6.26 Å². The molecular weight excluding hydrogens is 208 g/mol. The lowest BCUT2D eigenvalue weighted by molar-refractivity contribution is 0.109. The summed E-state index contributed by atoms with van der Waals surface area (Å²) in [7, 11) is 0. The third-order valence-electron chi connectivity index (χ3n) is 1.69. The van der Waals surface area contributed by atoms with Crippen LogP contribution in [0.3, 0.4) is 0 Å². The zero-order valence-electron chi connectivity index (χ0n) is 8.37. The van der Waals surface area contributed by atoms with E-state index in [0.29, 0.717) is 17.6 Å². The van der Waals surface area contributed by atoms with Crippen LogP contribution in [0.5, 0.6) is 5.75 Å². The molecule has 0 fully saturated rings. The Balaban J connectivity index is 0.000000165. The second-order valence-corrected chi connectivity index (χ2v) is 2.84. The Morgan fingerprint density at radius 2 is 1.69 bits per heavy atom. The summed E-state index contributed by atoms with van der Waals surface area (Å²) in [6.07, 6.45) is 2.86. The van der Waals surface area contributed by atoms with E-state index in [2.05, 4.69) is 4.42 Å². The van der Waals surface area contributed by atoms with Crippen LogP contribution in [0.25, 0.3) is 0 Å². The van der Waals surface area contributed by atoms with Crippen LogP contribution in [0.15, 0.2) is 47.1 Å². The molecule has 0 amide bonds. The van der Waals surface area contributed by atoms with Gasteiger partial charge in [0.25, 0.3) is 0 Å². The number of aldehydes is 2. The minimum Gasteiger partial charge on any atom is -0.508 e. The minimum atomic E-state index is 0.181. The van der Waals surface area contributed by atoms with Crippen LogP contribution in [-0.4, -0.2) is 17.7 Å². The lowest BCUT2D eigenvalue weighted by Crippen LogP contribution is -1.74. The number of furan rings is 1. The molecule has 0 saturated carbocycles. The van der Waals surface area contributed by atoms with Crippen molar-refractivity contribution in [3.63, 3.8) is 0 Å². The van der Waals surface area contributed by atoms with Crippen LogP contribution in [0.2, 0.25) is 0 Å². The standard InChI is InChI=1S/C7H6O2.C5H4O2/c8-5-6-1-3-7(9)4-2-6;6-4-5-2-1-3-7-5/h1-5,9H;1-4H. The fourth-order valence-corrected chi connectivity index (χ4v) is 0.911. The Morgan fingerprint density at radius 1 is 1.00 bits per heavy atom. The van der Waals surface area contributed by atoms with Crippen molar-refractivity contribution in [2.45, 2.75) is 0 Å². The first-order chi connectivity index (χ1) is 7.76. The largest absolute Gasteiger partial charge is 0.508 e. The quantitative estimate of drug-likeness (QED) is 0.785. The molecule has 0 aliphatic heterocycles. The van der Waals surface area contributed by atoms with Crippen molar-refractivity contribution in [3.8, 4) is 5.75 Å². The summed E-state index contributed by atoms with van der Waals surface area (Å²) < 4.78 is 4.61. The van der Waals surface area contributed by atoms with Crippen molar-refractivity contribution in [2.75, 3.05) is 0 Å². The van der Waals surface area contributed by atoms with Crippen molar-refractivity contribution in [1.29, 1.82) is 0 Å². The molecule has 82 valence electrons. The SMILES string of the molecule is O=Cc1ccc(O)cc1.O=Cc1ccco1. The summed E-state index contributed by atoms with van der Waals surface area (Å²) in [6, 6.07) is 9.34. The Morgan fingerprint density at radius 3 is 2.06 bits per heavy atom. The van der Waals surface area contributed by atoms with E-state index in [1.807, 2.05) is 0 Å². The first kappa shape index (κ1) is 11.7. The smallest absolute Gasteiger partial charge is 0.185 e. The van der Waals surface area contributed by atoms with Gasteiger partial charge >= 0.3 is 0 Å². The lowest BCUT2D eigenvalue weighted by Gasteiger charge is -1.88. The third kappa shape index (κ3) is 3.79. The molecule has 2 rings (SSSR count). The molecule has 0 saturated heterocycles. The average Bonchev–Trinajstić information content (AvgIpc) is 2.84. The van der Waals surface area contributed by atoms with Gasteiger partial charge in [0.2, 0.25) is 0 Å². The van der Waals surface area contributed by atoms with Crippen LogP contribution in [0.4, 0.5) is 0 Å². The number of phenols is 1. The highest BCUT2D eigenvalue weighted by Crippen LogP contribution is 2.07. The highest BCUT2D eigenvalue weighted by atomic mass is 16.3. The van der Waals surface area contributed by atoms with Gasteiger partial charge in [-0.15, -0.1) is 0 Å². The minimum absolute atomic E-state index is 0.181. The number of hydrogen-bond acceptors (Lipinski definition) is 4. The molecular formula is C12H10O4. The molecule has 16 heavy (non-hydrogen) atoms. The van der Waals surface area contributed by atoms with E-state index in [1.54, 1.807) is 24.3 Å². The fourth-order valence-electron chi connectivity index (χ4n) is 0.911. The number of phenolic OH excluding ortho intramolecular Hbond substituents is 1. The molecule has 1 N–H and O–H groups in total. The summed E-state index contributed by atoms with van der Waals surface area (Å²) >= 11 is 0. The molecule has 2 aromatic rings. The number of carbonyl (C=O) groups excluding carboxylic acids is 2. The van der Waals surface area contributed by atoms with Gasteiger partial charge in [-0.05, 0) is 36.4 Å². The Labute approximate surface area is 92.1 Å². The van der Waals surface area contributed by atoms with Gasteiger partial charge in [-0.25, -0.2) is 0 Å². The molecule has 0 atom stereocenters.